The van der Waals surface area contributed by atoms with Crippen molar-refractivity contribution in [2.45, 2.75) is 40.5 Å². The van der Waals surface area contributed by atoms with Crippen LogP contribution in [-0.2, 0) is 4.79 Å². The number of hydrogen-bond acceptors (Lipinski definition) is 2. The summed E-state index contributed by atoms with van der Waals surface area (Å²) in [7, 11) is 0. The summed E-state index contributed by atoms with van der Waals surface area (Å²) in [5.74, 6) is 1.23. The lowest BCUT2D eigenvalue weighted by atomic mass is 10.1. The van der Waals surface area contributed by atoms with Gasteiger partial charge in [0, 0.05) is 12.3 Å². The molecule has 0 aromatic carbocycles. The van der Waals surface area contributed by atoms with Gasteiger partial charge in [-0.2, -0.15) is 5.10 Å². The lowest BCUT2D eigenvalue weighted by Gasteiger charge is -2.13. The molecule has 3 heteroatoms. The molecule has 1 rings (SSSR count). The first-order valence-corrected chi connectivity index (χ1v) is 5.35. The number of nitrogens with zero attached hydrogens (tertiary/aromatic N) is 2. The Bertz CT molecular complexity index is 244. The Hall–Kier alpha value is -0.860. The smallest absolute Gasteiger partial charge is 0.248 e. The average Bonchev–Trinajstić information content (AvgIpc) is 2.28. The Morgan fingerprint density at radius 1 is 1.29 bits per heavy atom. The van der Waals surface area contributed by atoms with Crippen molar-refractivity contribution in [3.63, 3.8) is 0 Å². The van der Waals surface area contributed by atoms with Gasteiger partial charge in [0.1, 0.15) is 0 Å². The minimum Gasteiger partial charge on any atom is -0.273 e. The van der Waals surface area contributed by atoms with Gasteiger partial charge in [-0.15, -0.1) is 0 Å². The molecule has 0 saturated heterocycles. The predicted molar refractivity (Wildman–Crippen MR) is 58.1 cm³/mol. The Morgan fingerprint density at radius 3 is 2.43 bits per heavy atom. The molecule has 14 heavy (non-hydrogen) atoms. The summed E-state index contributed by atoms with van der Waals surface area (Å²) in [6.45, 7) is 9.25. The Balaban J connectivity index is 2.53. The van der Waals surface area contributed by atoms with E-state index in [0.29, 0.717) is 18.3 Å². The molecule has 0 aromatic heterocycles. The second-order valence-corrected chi connectivity index (χ2v) is 4.81. The van der Waals surface area contributed by atoms with E-state index in [4.69, 9.17) is 0 Å². The number of amides is 1. The first-order valence-electron chi connectivity index (χ1n) is 5.35. The van der Waals surface area contributed by atoms with Crippen molar-refractivity contribution in [3.05, 3.63) is 0 Å². The van der Waals surface area contributed by atoms with Gasteiger partial charge >= 0.3 is 0 Å². The van der Waals surface area contributed by atoms with E-state index in [-0.39, 0.29) is 5.91 Å². The van der Waals surface area contributed by atoms with Gasteiger partial charge in [0.2, 0.25) is 5.91 Å². The highest BCUT2D eigenvalue weighted by Crippen LogP contribution is 2.15. The molecule has 0 bridgehead atoms. The monoisotopic (exact) mass is 196 g/mol. The van der Waals surface area contributed by atoms with Crippen molar-refractivity contribution in [1.29, 1.82) is 0 Å². The maximum atomic E-state index is 11.5. The fraction of sp³-hybridized carbons (Fsp3) is 0.818. The topological polar surface area (TPSA) is 32.7 Å². The zero-order valence-corrected chi connectivity index (χ0v) is 9.58. The van der Waals surface area contributed by atoms with Crippen LogP contribution >= 0.6 is 0 Å². The lowest BCUT2D eigenvalue weighted by molar-refractivity contribution is -0.129. The number of rotatable bonds is 4. The van der Waals surface area contributed by atoms with Crippen molar-refractivity contribution >= 4 is 11.6 Å². The van der Waals surface area contributed by atoms with Crippen LogP contribution in [-0.4, -0.2) is 23.2 Å². The van der Waals surface area contributed by atoms with Crippen LogP contribution in [0.1, 0.15) is 40.5 Å². The van der Waals surface area contributed by atoms with Gasteiger partial charge < -0.3 is 0 Å². The predicted octanol–water partition coefficient (Wildman–Crippen LogP) is 2.28. The number of hydrogen-bond donors (Lipinski definition) is 0. The van der Waals surface area contributed by atoms with Crippen LogP contribution in [0.2, 0.25) is 0 Å². The van der Waals surface area contributed by atoms with Gasteiger partial charge in [-0.1, -0.05) is 27.7 Å². The summed E-state index contributed by atoms with van der Waals surface area (Å²) in [4.78, 5) is 11.5. The third-order valence-corrected chi connectivity index (χ3v) is 2.09. The third-order valence-electron chi connectivity index (χ3n) is 2.09. The third kappa shape index (κ3) is 3.13. The molecular weight excluding hydrogens is 176 g/mol. The minimum atomic E-state index is 0.161. The molecule has 1 aliphatic heterocycles. The highest BCUT2D eigenvalue weighted by atomic mass is 16.2. The van der Waals surface area contributed by atoms with Crippen LogP contribution in [0.5, 0.6) is 0 Å². The molecule has 0 saturated carbocycles. The van der Waals surface area contributed by atoms with E-state index in [0.717, 1.165) is 18.7 Å². The fourth-order valence-corrected chi connectivity index (χ4v) is 1.60. The van der Waals surface area contributed by atoms with Crippen molar-refractivity contribution in [2.75, 3.05) is 6.54 Å². The molecule has 0 atom stereocenters. The zero-order chi connectivity index (χ0) is 10.7. The van der Waals surface area contributed by atoms with E-state index in [9.17, 15) is 4.79 Å². The minimum absolute atomic E-state index is 0.161. The van der Waals surface area contributed by atoms with Gasteiger partial charge in [-0.3, -0.25) is 4.79 Å². The number of carbonyl (C=O) groups is 1. The summed E-state index contributed by atoms with van der Waals surface area (Å²) < 4.78 is 0. The van der Waals surface area contributed by atoms with E-state index >= 15 is 0 Å². The summed E-state index contributed by atoms with van der Waals surface area (Å²) in [6.07, 6.45) is 1.48. The molecule has 0 unspecified atom stereocenters. The molecular formula is C11H20N2O. The number of carbonyl (C=O) groups excluding carboxylic acids is 1. The van der Waals surface area contributed by atoms with Crippen molar-refractivity contribution < 1.29 is 4.79 Å². The lowest BCUT2D eigenvalue weighted by Crippen LogP contribution is -2.24. The molecule has 0 radical (unpaired) electrons. The second kappa shape index (κ2) is 4.58. The van der Waals surface area contributed by atoms with E-state index in [1.807, 2.05) is 0 Å². The zero-order valence-electron chi connectivity index (χ0n) is 9.58. The first-order chi connectivity index (χ1) is 6.49. The van der Waals surface area contributed by atoms with Crippen molar-refractivity contribution in [3.8, 4) is 0 Å². The summed E-state index contributed by atoms with van der Waals surface area (Å²) >= 11 is 0. The van der Waals surface area contributed by atoms with Crippen LogP contribution in [0.3, 0.4) is 0 Å². The quantitative estimate of drug-likeness (QED) is 0.679. The second-order valence-electron chi connectivity index (χ2n) is 4.81. The maximum absolute atomic E-state index is 11.5. The Morgan fingerprint density at radius 2 is 1.93 bits per heavy atom. The molecule has 1 amide bonds. The Kier molecular flexibility index (Phi) is 3.67. The van der Waals surface area contributed by atoms with Crippen LogP contribution < -0.4 is 0 Å². The molecule has 3 nitrogen and oxygen atoms in total. The summed E-state index contributed by atoms with van der Waals surface area (Å²) in [5.41, 5.74) is 1.05. The molecule has 0 aromatic rings. The van der Waals surface area contributed by atoms with Gasteiger partial charge in [0.15, 0.2) is 0 Å². The maximum Gasteiger partial charge on any atom is 0.248 e. The standard InChI is InChI=1S/C11H20N2O/c1-8(2)5-10-6-11(14)13(12-10)7-9(3)4/h8-9H,5-7H2,1-4H3. The van der Waals surface area contributed by atoms with Crippen LogP contribution in [0.25, 0.3) is 0 Å². The molecule has 0 spiro atoms. The Labute approximate surface area is 86.2 Å². The molecule has 0 N–H and O–H groups in total. The SMILES string of the molecule is CC(C)CC1=NN(CC(C)C)C(=O)C1. The summed E-state index contributed by atoms with van der Waals surface area (Å²) in [5, 5.41) is 5.98. The van der Waals surface area contributed by atoms with E-state index in [1.165, 1.54) is 0 Å². The van der Waals surface area contributed by atoms with Crippen LogP contribution in [0, 0.1) is 11.8 Å². The highest BCUT2D eigenvalue weighted by Gasteiger charge is 2.24. The van der Waals surface area contributed by atoms with E-state index in [1.54, 1.807) is 5.01 Å². The van der Waals surface area contributed by atoms with Gasteiger partial charge in [-0.25, -0.2) is 5.01 Å². The van der Waals surface area contributed by atoms with E-state index < -0.39 is 0 Å². The highest BCUT2D eigenvalue weighted by molar-refractivity contribution is 6.04. The molecule has 0 aliphatic carbocycles. The molecule has 0 fully saturated rings. The van der Waals surface area contributed by atoms with Crippen LogP contribution in [0.15, 0.2) is 5.10 Å². The first kappa shape index (κ1) is 11.2. The van der Waals surface area contributed by atoms with E-state index in [2.05, 4.69) is 32.8 Å². The normalized spacial score (nSPS) is 17.1. The number of hydrazone groups is 1. The van der Waals surface area contributed by atoms with Gasteiger partial charge in [-0.05, 0) is 18.3 Å². The summed E-state index contributed by atoms with van der Waals surface area (Å²) in [6, 6.07) is 0. The average molecular weight is 196 g/mol. The van der Waals surface area contributed by atoms with Crippen molar-refractivity contribution in [1.82, 2.24) is 5.01 Å². The largest absolute Gasteiger partial charge is 0.273 e. The van der Waals surface area contributed by atoms with Crippen LogP contribution in [0.4, 0.5) is 0 Å². The molecule has 80 valence electrons. The fourth-order valence-electron chi connectivity index (χ4n) is 1.60. The van der Waals surface area contributed by atoms with Crippen molar-refractivity contribution in [2.24, 2.45) is 16.9 Å². The molecule has 1 aliphatic rings. The van der Waals surface area contributed by atoms with Gasteiger partial charge in [0.05, 0.1) is 6.42 Å². The van der Waals surface area contributed by atoms with Gasteiger partial charge in [0.25, 0.3) is 0 Å². The molecule has 1 heterocycles.